The molecule has 9 heteroatoms. The molecule has 0 aliphatic carbocycles. The van der Waals surface area contributed by atoms with Gasteiger partial charge >= 0.3 is 5.97 Å². The molecular weight excluding hydrogens is 292 g/mol. The normalized spacial score (nSPS) is 13.1. The Hall–Kier alpha value is -1.41. The summed E-state index contributed by atoms with van der Waals surface area (Å²) < 4.78 is 50.8. The number of benzene rings is 1. The number of sulfonamides is 1. The Bertz CT molecular complexity index is 567. The van der Waals surface area contributed by atoms with E-state index < -0.39 is 43.6 Å². The molecule has 0 aromatic heterocycles. The number of anilines is 1. The van der Waals surface area contributed by atoms with E-state index in [9.17, 15) is 22.0 Å². The Morgan fingerprint density at radius 1 is 1.44 bits per heavy atom. The number of hydrogen-bond donors (Lipinski definition) is 2. The highest BCUT2D eigenvalue weighted by Crippen LogP contribution is 2.27. The van der Waals surface area contributed by atoms with E-state index in [0.717, 1.165) is 6.92 Å². The number of hydrogen-bond acceptors (Lipinski definition) is 3. The molecule has 0 aliphatic heterocycles. The van der Waals surface area contributed by atoms with Crippen molar-refractivity contribution < 1.29 is 27.1 Å². The maximum atomic E-state index is 13.3. The number of aliphatic carboxylic acids is 1. The van der Waals surface area contributed by atoms with Crippen LogP contribution in [-0.2, 0) is 14.8 Å². The van der Waals surface area contributed by atoms with Crippen molar-refractivity contribution in [1.82, 2.24) is 0 Å². The van der Waals surface area contributed by atoms with E-state index in [1.165, 1.54) is 0 Å². The van der Waals surface area contributed by atoms with E-state index in [1.54, 1.807) is 4.72 Å². The maximum Gasteiger partial charge on any atom is 0.323 e. The summed E-state index contributed by atoms with van der Waals surface area (Å²) in [5.74, 6) is -3.82. The third kappa shape index (κ3) is 3.08. The first-order valence-corrected chi connectivity index (χ1v) is 6.46. The summed E-state index contributed by atoms with van der Waals surface area (Å²) in [6.45, 7) is 0.903. The standard InChI is InChI=1S/C9H8ClF2NO4S/c1-4(9(14)15)18(16,17)13-8-6(10)2-5(11)3-7(8)12/h2-4,13H,1H3,(H,14,15). The van der Waals surface area contributed by atoms with Gasteiger partial charge in [-0.05, 0) is 13.0 Å². The summed E-state index contributed by atoms with van der Waals surface area (Å²) in [7, 11) is -4.37. The van der Waals surface area contributed by atoms with Crippen LogP contribution < -0.4 is 4.72 Å². The van der Waals surface area contributed by atoms with Gasteiger partial charge in [0, 0.05) is 6.07 Å². The van der Waals surface area contributed by atoms with Crippen molar-refractivity contribution in [3.8, 4) is 0 Å². The van der Waals surface area contributed by atoms with Crippen LogP contribution in [0.2, 0.25) is 5.02 Å². The lowest BCUT2D eigenvalue weighted by Crippen LogP contribution is -2.32. The Morgan fingerprint density at radius 2 is 2.00 bits per heavy atom. The summed E-state index contributed by atoms with van der Waals surface area (Å²) >= 11 is 5.47. The molecule has 0 saturated carbocycles. The van der Waals surface area contributed by atoms with Crippen LogP contribution in [0.25, 0.3) is 0 Å². The minimum Gasteiger partial charge on any atom is -0.480 e. The van der Waals surface area contributed by atoms with Crippen LogP contribution in [0.3, 0.4) is 0 Å². The summed E-state index contributed by atoms with van der Waals surface area (Å²) in [6.07, 6.45) is 0. The van der Waals surface area contributed by atoms with Gasteiger partial charge in [-0.15, -0.1) is 0 Å². The van der Waals surface area contributed by atoms with Crippen LogP contribution in [0.4, 0.5) is 14.5 Å². The first-order valence-electron chi connectivity index (χ1n) is 4.54. The van der Waals surface area contributed by atoms with Crippen molar-refractivity contribution in [2.75, 3.05) is 4.72 Å². The number of rotatable bonds is 4. The summed E-state index contributed by atoms with van der Waals surface area (Å²) in [5, 5.41) is 6.26. The van der Waals surface area contributed by atoms with Crippen LogP contribution in [0.15, 0.2) is 12.1 Å². The van der Waals surface area contributed by atoms with Crippen LogP contribution in [0, 0.1) is 11.6 Å². The minimum atomic E-state index is -4.37. The fourth-order valence-corrected chi connectivity index (χ4v) is 2.24. The maximum absolute atomic E-state index is 13.3. The van der Waals surface area contributed by atoms with E-state index in [0.29, 0.717) is 12.1 Å². The monoisotopic (exact) mass is 299 g/mol. The molecule has 0 spiro atoms. The molecule has 0 saturated heterocycles. The lowest BCUT2D eigenvalue weighted by Gasteiger charge is -2.13. The van der Waals surface area contributed by atoms with Gasteiger partial charge in [-0.3, -0.25) is 9.52 Å². The van der Waals surface area contributed by atoms with E-state index in [-0.39, 0.29) is 0 Å². The average molecular weight is 300 g/mol. The van der Waals surface area contributed by atoms with Crippen molar-refractivity contribution in [2.45, 2.75) is 12.2 Å². The predicted molar refractivity (Wildman–Crippen MR) is 61.0 cm³/mol. The second-order valence-electron chi connectivity index (χ2n) is 3.37. The van der Waals surface area contributed by atoms with Crippen molar-refractivity contribution >= 4 is 33.3 Å². The van der Waals surface area contributed by atoms with Crippen LogP contribution in [-0.4, -0.2) is 24.7 Å². The molecule has 0 aliphatic rings. The number of carboxylic acid groups (broad SMARTS) is 1. The molecule has 0 fully saturated rings. The van der Waals surface area contributed by atoms with Gasteiger partial charge in [0.15, 0.2) is 11.1 Å². The van der Waals surface area contributed by atoms with Gasteiger partial charge in [0.25, 0.3) is 0 Å². The Balaban J connectivity index is 3.17. The van der Waals surface area contributed by atoms with Crippen molar-refractivity contribution in [3.63, 3.8) is 0 Å². The van der Waals surface area contributed by atoms with Gasteiger partial charge in [-0.25, -0.2) is 17.2 Å². The molecule has 1 rings (SSSR count). The van der Waals surface area contributed by atoms with Gasteiger partial charge in [0.05, 0.1) is 5.02 Å². The van der Waals surface area contributed by atoms with Crippen LogP contribution in [0.5, 0.6) is 0 Å². The predicted octanol–water partition coefficient (Wildman–Crippen LogP) is 1.83. The molecule has 5 nitrogen and oxygen atoms in total. The highest BCUT2D eigenvalue weighted by molar-refractivity contribution is 7.94. The fraction of sp³-hybridized carbons (Fsp3) is 0.222. The second kappa shape index (κ2) is 5.07. The zero-order valence-corrected chi connectivity index (χ0v) is 10.5. The highest BCUT2D eigenvalue weighted by Gasteiger charge is 2.29. The zero-order chi connectivity index (χ0) is 14.1. The molecule has 1 aromatic carbocycles. The molecule has 2 N–H and O–H groups in total. The summed E-state index contributed by atoms with van der Waals surface area (Å²) in [5.41, 5.74) is -0.689. The Kier molecular flexibility index (Phi) is 4.12. The quantitative estimate of drug-likeness (QED) is 0.888. The summed E-state index contributed by atoms with van der Waals surface area (Å²) in [6, 6.07) is 1.13. The van der Waals surface area contributed by atoms with E-state index in [4.69, 9.17) is 16.7 Å². The van der Waals surface area contributed by atoms with Crippen molar-refractivity contribution in [3.05, 3.63) is 28.8 Å². The van der Waals surface area contributed by atoms with Gasteiger partial charge < -0.3 is 5.11 Å². The van der Waals surface area contributed by atoms with Crippen LogP contribution >= 0.6 is 11.6 Å². The molecule has 18 heavy (non-hydrogen) atoms. The lowest BCUT2D eigenvalue weighted by atomic mass is 10.3. The number of carbonyl (C=O) groups is 1. The molecule has 0 radical (unpaired) electrons. The molecule has 0 bridgehead atoms. The first-order chi connectivity index (χ1) is 8.15. The SMILES string of the molecule is CC(C(=O)O)S(=O)(=O)Nc1c(F)cc(F)cc1Cl. The largest absolute Gasteiger partial charge is 0.480 e. The molecule has 0 heterocycles. The molecule has 1 unspecified atom stereocenters. The molecule has 0 amide bonds. The number of halogens is 3. The molecule has 1 atom stereocenters. The number of nitrogens with one attached hydrogen (secondary N) is 1. The zero-order valence-electron chi connectivity index (χ0n) is 8.95. The van der Waals surface area contributed by atoms with Gasteiger partial charge in [-0.1, -0.05) is 11.6 Å². The van der Waals surface area contributed by atoms with Crippen LogP contribution in [0.1, 0.15) is 6.92 Å². The molecule has 1 aromatic rings. The summed E-state index contributed by atoms with van der Waals surface area (Å²) in [4.78, 5) is 10.6. The minimum absolute atomic E-state index is 0.426. The number of carboxylic acids is 1. The average Bonchev–Trinajstić information content (AvgIpc) is 2.22. The fourth-order valence-electron chi connectivity index (χ4n) is 1.00. The molecule has 100 valence electrons. The topological polar surface area (TPSA) is 83.5 Å². The van der Waals surface area contributed by atoms with Gasteiger partial charge in [-0.2, -0.15) is 0 Å². The molecular formula is C9H8ClF2NO4S. The highest BCUT2D eigenvalue weighted by atomic mass is 35.5. The first kappa shape index (κ1) is 14.7. The Morgan fingerprint density at radius 3 is 2.44 bits per heavy atom. The smallest absolute Gasteiger partial charge is 0.323 e. The third-order valence-corrected chi connectivity index (χ3v) is 3.98. The second-order valence-corrected chi connectivity index (χ2v) is 5.78. The van der Waals surface area contributed by atoms with Gasteiger partial charge in [0.1, 0.15) is 11.5 Å². The van der Waals surface area contributed by atoms with E-state index in [2.05, 4.69) is 0 Å². The van der Waals surface area contributed by atoms with E-state index >= 15 is 0 Å². The lowest BCUT2D eigenvalue weighted by molar-refractivity contribution is -0.136. The van der Waals surface area contributed by atoms with Gasteiger partial charge in [0.2, 0.25) is 10.0 Å². The van der Waals surface area contributed by atoms with Crippen molar-refractivity contribution in [2.24, 2.45) is 0 Å². The third-order valence-electron chi connectivity index (χ3n) is 2.06. The van der Waals surface area contributed by atoms with Crippen molar-refractivity contribution in [1.29, 1.82) is 0 Å². The van der Waals surface area contributed by atoms with E-state index in [1.807, 2.05) is 0 Å². The Labute approximate surface area is 106 Å².